The summed E-state index contributed by atoms with van der Waals surface area (Å²) >= 11 is 0. The lowest BCUT2D eigenvalue weighted by molar-refractivity contribution is -0.123. The third-order valence-corrected chi connectivity index (χ3v) is 3.66. The van der Waals surface area contributed by atoms with Crippen LogP contribution in [-0.2, 0) is 19.6 Å². The molecular formula is C12H17N3O4S. The van der Waals surface area contributed by atoms with Gasteiger partial charge in [-0.25, -0.2) is 8.42 Å². The molecule has 0 aliphatic heterocycles. The van der Waals surface area contributed by atoms with Crippen molar-refractivity contribution >= 4 is 27.5 Å². The van der Waals surface area contributed by atoms with E-state index in [4.69, 9.17) is 5.73 Å². The number of rotatable bonds is 6. The van der Waals surface area contributed by atoms with E-state index in [2.05, 4.69) is 5.32 Å². The van der Waals surface area contributed by atoms with Crippen molar-refractivity contribution < 1.29 is 18.0 Å². The molecule has 0 aliphatic carbocycles. The van der Waals surface area contributed by atoms with Crippen molar-refractivity contribution in [3.8, 4) is 0 Å². The van der Waals surface area contributed by atoms with E-state index >= 15 is 0 Å². The highest BCUT2D eigenvalue weighted by Crippen LogP contribution is 2.21. The van der Waals surface area contributed by atoms with Crippen molar-refractivity contribution in [2.75, 3.05) is 23.7 Å². The Labute approximate surface area is 117 Å². The molecule has 8 heteroatoms. The van der Waals surface area contributed by atoms with E-state index in [-0.39, 0.29) is 6.54 Å². The number of anilines is 1. The van der Waals surface area contributed by atoms with Crippen LogP contribution in [0, 0.1) is 6.92 Å². The first-order valence-electron chi connectivity index (χ1n) is 5.80. The Bertz CT molecular complexity index is 613. The van der Waals surface area contributed by atoms with Gasteiger partial charge in [-0.1, -0.05) is 18.2 Å². The summed E-state index contributed by atoms with van der Waals surface area (Å²) in [5, 5.41) is 2.25. The lowest BCUT2D eigenvalue weighted by atomic mass is 10.2. The summed E-state index contributed by atoms with van der Waals surface area (Å²) in [7, 11) is -3.62. The first-order chi connectivity index (χ1) is 9.21. The normalized spacial score (nSPS) is 10.9. The number of nitrogens with zero attached hydrogens (tertiary/aromatic N) is 1. The number of hydrogen-bond acceptors (Lipinski definition) is 4. The van der Waals surface area contributed by atoms with Crippen LogP contribution in [0.3, 0.4) is 0 Å². The van der Waals surface area contributed by atoms with Gasteiger partial charge in [0.05, 0.1) is 18.5 Å². The first-order valence-corrected chi connectivity index (χ1v) is 7.65. The lowest BCUT2D eigenvalue weighted by Crippen LogP contribution is -2.43. The first kappa shape index (κ1) is 16.0. The van der Waals surface area contributed by atoms with Crippen LogP contribution in [0.25, 0.3) is 0 Å². The van der Waals surface area contributed by atoms with Crippen LogP contribution >= 0.6 is 0 Å². The van der Waals surface area contributed by atoms with E-state index in [9.17, 15) is 18.0 Å². The number of amides is 2. The highest BCUT2D eigenvalue weighted by atomic mass is 32.2. The predicted octanol–water partition coefficient (Wildman–Crippen LogP) is -0.637. The molecule has 110 valence electrons. The van der Waals surface area contributed by atoms with E-state index in [1.165, 1.54) is 0 Å². The van der Waals surface area contributed by atoms with Gasteiger partial charge in [-0.2, -0.15) is 0 Å². The Kier molecular flexibility index (Phi) is 5.09. The summed E-state index contributed by atoms with van der Waals surface area (Å²) in [5.41, 5.74) is 6.05. The van der Waals surface area contributed by atoms with Crippen molar-refractivity contribution in [2.45, 2.75) is 6.92 Å². The minimum atomic E-state index is -3.62. The Morgan fingerprint density at radius 2 is 1.90 bits per heavy atom. The molecule has 0 heterocycles. The summed E-state index contributed by atoms with van der Waals surface area (Å²) < 4.78 is 24.6. The second-order valence-electron chi connectivity index (χ2n) is 4.30. The van der Waals surface area contributed by atoms with Crippen LogP contribution in [-0.4, -0.2) is 39.6 Å². The van der Waals surface area contributed by atoms with Crippen molar-refractivity contribution in [3.05, 3.63) is 29.8 Å². The van der Waals surface area contributed by atoms with Gasteiger partial charge in [0.2, 0.25) is 21.8 Å². The number of sulfonamides is 1. The van der Waals surface area contributed by atoms with Crippen LogP contribution in [0.5, 0.6) is 0 Å². The maximum atomic E-state index is 11.8. The number of hydrogen-bond donors (Lipinski definition) is 2. The molecular weight excluding hydrogens is 282 g/mol. The van der Waals surface area contributed by atoms with Gasteiger partial charge in [0.1, 0.15) is 6.54 Å². The van der Waals surface area contributed by atoms with Gasteiger partial charge < -0.3 is 11.1 Å². The largest absolute Gasteiger partial charge is 0.368 e. The van der Waals surface area contributed by atoms with Crippen LogP contribution in [0.15, 0.2) is 24.3 Å². The maximum Gasteiger partial charge on any atom is 0.241 e. The third kappa shape index (κ3) is 4.54. The average molecular weight is 299 g/mol. The smallest absolute Gasteiger partial charge is 0.241 e. The molecule has 1 rings (SSSR count). The molecule has 0 fully saturated rings. The molecule has 0 spiro atoms. The van der Waals surface area contributed by atoms with Gasteiger partial charge in [-0.15, -0.1) is 0 Å². The minimum Gasteiger partial charge on any atom is -0.368 e. The Morgan fingerprint density at radius 3 is 2.40 bits per heavy atom. The second-order valence-corrected chi connectivity index (χ2v) is 6.21. The molecule has 0 aliphatic rings. The Morgan fingerprint density at radius 1 is 1.30 bits per heavy atom. The molecule has 0 unspecified atom stereocenters. The van der Waals surface area contributed by atoms with Crippen molar-refractivity contribution in [2.24, 2.45) is 5.73 Å². The Balaban J connectivity index is 2.96. The van der Waals surface area contributed by atoms with Crippen molar-refractivity contribution in [3.63, 3.8) is 0 Å². The van der Waals surface area contributed by atoms with E-state index in [0.29, 0.717) is 5.69 Å². The SMILES string of the molecule is Cc1ccccc1N(CC(=O)NCC(N)=O)S(C)(=O)=O. The van der Waals surface area contributed by atoms with Gasteiger partial charge in [0.25, 0.3) is 0 Å². The molecule has 1 aromatic rings. The van der Waals surface area contributed by atoms with E-state index in [1.54, 1.807) is 31.2 Å². The van der Waals surface area contributed by atoms with Gasteiger partial charge in [-0.3, -0.25) is 13.9 Å². The molecule has 0 atom stereocenters. The molecule has 7 nitrogen and oxygen atoms in total. The quantitative estimate of drug-likeness (QED) is 0.728. The fraction of sp³-hybridized carbons (Fsp3) is 0.333. The summed E-state index contributed by atoms with van der Waals surface area (Å²) in [6, 6.07) is 6.81. The van der Waals surface area contributed by atoms with Crippen LogP contribution in [0.1, 0.15) is 5.56 Å². The van der Waals surface area contributed by atoms with Gasteiger partial charge >= 0.3 is 0 Å². The van der Waals surface area contributed by atoms with Gasteiger partial charge in [0.15, 0.2) is 0 Å². The summed E-state index contributed by atoms with van der Waals surface area (Å²) in [6.45, 7) is 1.01. The lowest BCUT2D eigenvalue weighted by Gasteiger charge is -2.23. The molecule has 0 bridgehead atoms. The molecule has 0 saturated carbocycles. The summed E-state index contributed by atoms with van der Waals surface area (Å²) in [6.07, 6.45) is 1.01. The number of nitrogens with one attached hydrogen (secondary N) is 1. The Hall–Kier alpha value is -2.09. The zero-order valence-electron chi connectivity index (χ0n) is 11.3. The van der Waals surface area contributed by atoms with Crippen molar-refractivity contribution in [1.29, 1.82) is 0 Å². The minimum absolute atomic E-state index is 0.329. The maximum absolute atomic E-state index is 11.8. The highest BCUT2D eigenvalue weighted by Gasteiger charge is 2.22. The number of primary amides is 1. The molecule has 0 aromatic heterocycles. The van der Waals surface area contributed by atoms with Crippen LogP contribution < -0.4 is 15.4 Å². The summed E-state index contributed by atoms with van der Waals surface area (Å²) in [4.78, 5) is 22.3. The van der Waals surface area contributed by atoms with Gasteiger partial charge in [-0.05, 0) is 18.6 Å². The van der Waals surface area contributed by atoms with Crippen molar-refractivity contribution in [1.82, 2.24) is 5.32 Å². The summed E-state index contributed by atoms with van der Waals surface area (Å²) in [5.74, 6) is -1.29. The number of aryl methyl sites for hydroxylation is 1. The second kappa shape index (κ2) is 6.38. The fourth-order valence-electron chi connectivity index (χ4n) is 1.60. The molecule has 2 amide bonds. The molecule has 20 heavy (non-hydrogen) atoms. The predicted molar refractivity (Wildman–Crippen MR) is 75.6 cm³/mol. The number of benzene rings is 1. The van der Waals surface area contributed by atoms with E-state index in [1.807, 2.05) is 0 Å². The van der Waals surface area contributed by atoms with E-state index < -0.39 is 28.4 Å². The molecule has 0 radical (unpaired) electrons. The average Bonchev–Trinajstić information content (AvgIpc) is 2.33. The number of para-hydroxylation sites is 1. The van der Waals surface area contributed by atoms with Crippen LogP contribution in [0.4, 0.5) is 5.69 Å². The standard InChI is InChI=1S/C12H17N3O4S/c1-9-5-3-4-6-10(9)15(20(2,18)19)8-12(17)14-7-11(13)16/h3-6H,7-8H2,1-2H3,(H2,13,16)(H,14,17). The number of carbonyl (C=O) groups excluding carboxylic acids is 2. The molecule has 1 aromatic carbocycles. The molecule has 3 N–H and O–H groups in total. The zero-order valence-corrected chi connectivity index (χ0v) is 12.1. The van der Waals surface area contributed by atoms with Gasteiger partial charge in [0, 0.05) is 0 Å². The zero-order chi connectivity index (χ0) is 15.3. The monoisotopic (exact) mass is 299 g/mol. The third-order valence-electron chi connectivity index (χ3n) is 2.53. The van der Waals surface area contributed by atoms with Crippen LogP contribution in [0.2, 0.25) is 0 Å². The molecule has 0 saturated heterocycles. The van der Waals surface area contributed by atoms with E-state index in [0.717, 1.165) is 16.1 Å². The fourth-order valence-corrected chi connectivity index (χ4v) is 2.51. The topological polar surface area (TPSA) is 110 Å². The number of nitrogens with two attached hydrogens (primary N) is 1. The highest BCUT2D eigenvalue weighted by molar-refractivity contribution is 7.92. The number of carbonyl (C=O) groups is 2.